The van der Waals surface area contributed by atoms with Crippen molar-refractivity contribution in [3.8, 4) is 0 Å². The van der Waals surface area contributed by atoms with Crippen molar-refractivity contribution in [2.75, 3.05) is 25.9 Å². The summed E-state index contributed by atoms with van der Waals surface area (Å²) in [5, 5.41) is 0. The summed E-state index contributed by atoms with van der Waals surface area (Å²) in [6.07, 6.45) is 1.88. The molecule has 1 aromatic rings. The maximum absolute atomic E-state index is 12.7. The number of benzene rings is 1. The quantitative estimate of drug-likeness (QED) is 0.859. The Labute approximate surface area is 120 Å². The molecule has 20 heavy (non-hydrogen) atoms. The minimum absolute atomic E-state index is 0.0129. The van der Waals surface area contributed by atoms with Gasteiger partial charge in [-0.25, -0.2) is 8.42 Å². The van der Waals surface area contributed by atoms with E-state index in [2.05, 4.69) is 0 Å². The molecule has 1 saturated heterocycles. The number of nitrogen functional groups attached to an aromatic ring is 1. The molecule has 0 aliphatic carbocycles. The van der Waals surface area contributed by atoms with Gasteiger partial charge in [-0.1, -0.05) is 6.07 Å². The Kier molecular flexibility index (Phi) is 4.36. The molecule has 0 spiro atoms. The van der Waals surface area contributed by atoms with Crippen LogP contribution in [0.25, 0.3) is 0 Å². The summed E-state index contributed by atoms with van der Waals surface area (Å²) < 4.78 is 32.3. The Balaban J connectivity index is 2.32. The van der Waals surface area contributed by atoms with Crippen LogP contribution in [0.2, 0.25) is 0 Å². The number of sulfonamides is 1. The third-order valence-corrected chi connectivity index (χ3v) is 5.89. The summed E-state index contributed by atoms with van der Waals surface area (Å²) in [6, 6.07) is 3.49. The van der Waals surface area contributed by atoms with E-state index in [-0.39, 0.29) is 11.0 Å². The van der Waals surface area contributed by atoms with Gasteiger partial charge in [-0.15, -0.1) is 0 Å². The first kappa shape index (κ1) is 15.3. The summed E-state index contributed by atoms with van der Waals surface area (Å²) in [4.78, 5) is 0.220. The van der Waals surface area contributed by atoms with Gasteiger partial charge < -0.3 is 10.5 Å². The maximum atomic E-state index is 12.7. The van der Waals surface area contributed by atoms with Crippen LogP contribution in [0.15, 0.2) is 17.0 Å². The summed E-state index contributed by atoms with van der Waals surface area (Å²) >= 11 is 0. The fourth-order valence-corrected chi connectivity index (χ4v) is 4.07. The van der Waals surface area contributed by atoms with Gasteiger partial charge in [0, 0.05) is 20.2 Å². The highest BCUT2D eigenvalue weighted by Gasteiger charge is 2.29. The van der Waals surface area contributed by atoms with Crippen LogP contribution in [0.1, 0.15) is 24.0 Å². The minimum Gasteiger partial charge on any atom is -0.398 e. The van der Waals surface area contributed by atoms with Gasteiger partial charge in [0.25, 0.3) is 0 Å². The van der Waals surface area contributed by atoms with Crippen LogP contribution in [0.4, 0.5) is 5.69 Å². The third-order valence-electron chi connectivity index (χ3n) is 3.86. The van der Waals surface area contributed by atoms with Crippen molar-refractivity contribution in [3.05, 3.63) is 23.3 Å². The Morgan fingerprint density at radius 3 is 2.70 bits per heavy atom. The van der Waals surface area contributed by atoms with E-state index in [0.717, 1.165) is 18.4 Å². The number of ether oxygens (including phenoxy) is 1. The first-order valence-corrected chi connectivity index (χ1v) is 8.21. The highest BCUT2D eigenvalue weighted by Crippen LogP contribution is 2.28. The number of nitrogens with zero attached hydrogens (tertiary/aromatic N) is 1. The van der Waals surface area contributed by atoms with E-state index in [9.17, 15) is 8.42 Å². The van der Waals surface area contributed by atoms with Crippen LogP contribution in [-0.2, 0) is 14.8 Å². The summed E-state index contributed by atoms with van der Waals surface area (Å²) in [6.45, 7) is 4.76. The lowest BCUT2D eigenvalue weighted by molar-refractivity contribution is 0.0979. The largest absolute Gasteiger partial charge is 0.398 e. The molecule has 2 N–H and O–H groups in total. The SMILES string of the molecule is Cc1ccc(N)c(S(=O)(=O)N(C)CC2CCCO2)c1C. The smallest absolute Gasteiger partial charge is 0.245 e. The molecule has 0 bridgehead atoms. The third kappa shape index (κ3) is 2.82. The second kappa shape index (κ2) is 5.71. The normalized spacial score (nSPS) is 19.7. The molecule has 1 heterocycles. The molecule has 0 radical (unpaired) electrons. The second-order valence-corrected chi connectivity index (χ2v) is 7.33. The molecule has 1 aliphatic rings. The topological polar surface area (TPSA) is 72.6 Å². The number of rotatable bonds is 4. The molecule has 5 nitrogen and oxygen atoms in total. The monoisotopic (exact) mass is 298 g/mol. The summed E-state index contributed by atoms with van der Waals surface area (Å²) in [5.74, 6) is 0. The zero-order valence-electron chi connectivity index (χ0n) is 12.2. The molecule has 1 aromatic carbocycles. The Morgan fingerprint density at radius 2 is 2.10 bits per heavy atom. The second-order valence-electron chi connectivity index (χ2n) is 5.35. The van der Waals surface area contributed by atoms with E-state index in [1.807, 2.05) is 13.0 Å². The van der Waals surface area contributed by atoms with Gasteiger partial charge in [-0.05, 0) is 43.9 Å². The summed E-state index contributed by atoms with van der Waals surface area (Å²) in [5.41, 5.74) is 7.82. The van der Waals surface area contributed by atoms with E-state index >= 15 is 0 Å². The van der Waals surface area contributed by atoms with Gasteiger partial charge in [-0.2, -0.15) is 4.31 Å². The zero-order valence-corrected chi connectivity index (χ0v) is 13.0. The van der Waals surface area contributed by atoms with Crippen LogP contribution < -0.4 is 5.73 Å². The molecule has 0 saturated carbocycles. The molecule has 0 aromatic heterocycles. The van der Waals surface area contributed by atoms with Crippen molar-refractivity contribution in [1.82, 2.24) is 4.31 Å². The van der Waals surface area contributed by atoms with Gasteiger partial charge in [-0.3, -0.25) is 0 Å². The van der Waals surface area contributed by atoms with E-state index in [0.29, 0.717) is 24.4 Å². The van der Waals surface area contributed by atoms with Crippen molar-refractivity contribution >= 4 is 15.7 Å². The lowest BCUT2D eigenvalue weighted by Gasteiger charge is -2.23. The van der Waals surface area contributed by atoms with E-state index in [1.165, 1.54) is 4.31 Å². The first-order chi connectivity index (χ1) is 9.34. The van der Waals surface area contributed by atoms with E-state index < -0.39 is 10.0 Å². The van der Waals surface area contributed by atoms with E-state index in [1.54, 1.807) is 20.0 Å². The highest BCUT2D eigenvalue weighted by atomic mass is 32.2. The Hall–Kier alpha value is -1.11. The number of likely N-dealkylation sites (N-methyl/N-ethyl adjacent to an activating group) is 1. The Bertz CT molecular complexity index is 593. The first-order valence-electron chi connectivity index (χ1n) is 6.77. The van der Waals surface area contributed by atoms with Crippen LogP contribution in [-0.4, -0.2) is 39.0 Å². The van der Waals surface area contributed by atoms with Crippen molar-refractivity contribution < 1.29 is 13.2 Å². The molecule has 1 atom stereocenters. The highest BCUT2D eigenvalue weighted by molar-refractivity contribution is 7.89. The Morgan fingerprint density at radius 1 is 1.40 bits per heavy atom. The number of hydrogen-bond donors (Lipinski definition) is 1. The van der Waals surface area contributed by atoms with Crippen molar-refractivity contribution in [2.45, 2.75) is 37.7 Å². The van der Waals surface area contributed by atoms with Gasteiger partial charge in [0.05, 0.1) is 11.8 Å². The van der Waals surface area contributed by atoms with Crippen LogP contribution in [0, 0.1) is 13.8 Å². The standard InChI is InChI=1S/C14H22N2O3S/c1-10-6-7-13(15)14(11(10)2)20(17,18)16(3)9-12-5-4-8-19-12/h6-7,12H,4-5,8-9,15H2,1-3H3. The number of hydrogen-bond acceptors (Lipinski definition) is 4. The lowest BCUT2D eigenvalue weighted by Crippen LogP contribution is -2.34. The number of anilines is 1. The van der Waals surface area contributed by atoms with Crippen molar-refractivity contribution in [2.24, 2.45) is 0 Å². The average molecular weight is 298 g/mol. The predicted octanol–water partition coefficient (Wildman–Crippen LogP) is 1.69. The number of nitrogens with two attached hydrogens (primary N) is 1. The fourth-order valence-electron chi connectivity index (χ4n) is 2.48. The molecule has 6 heteroatoms. The maximum Gasteiger partial charge on any atom is 0.245 e. The average Bonchev–Trinajstić information content (AvgIpc) is 2.87. The molecule has 1 aliphatic heterocycles. The summed E-state index contributed by atoms with van der Waals surface area (Å²) in [7, 11) is -2.00. The van der Waals surface area contributed by atoms with Crippen LogP contribution >= 0.6 is 0 Å². The van der Waals surface area contributed by atoms with Crippen molar-refractivity contribution in [3.63, 3.8) is 0 Å². The van der Waals surface area contributed by atoms with Crippen LogP contribution in [0.5, 0.6) is 0 Å². The molecule has 1 unspecified atom stereocenters. The molecule has 2 rings (SSSR count). The molecular formula is C14H22N2O3S. The zero-order chi connectivity index (χ0) is 14.9. The van der Waals surface area contributed by atoms with Crippen molar-refractivity contribution in [1.29, 1.82) is 0 Å². The molecule has 112 valence electrons. The fraction of sp³-hybridized carbons (Fsp3) is 0.571. The van der Waals surface area contributed by atoms with Gasteiger partial charge in [0.2, 0.25) is 10.0 Å². The van der Waals surface area contributed by atoms with Gasteiger partial charge in [0.15, 0.2) is 0 Å². The lowest BCUT2D eigenvalue weighted by atomic mass is 10.1. The molecular weight excluding hydrogens is 276 g/mol. The predicted molar refractivity (Wildman–Crippen MR) is 79.1 cm³/mol. The molecule has 0 amide bonds. The van der Waals surface area contributed by atoms with Gasteiger partial charge in [0.1, 0.15) is 4.90 Å². The minimum atomic E-state index is -3.58. The molecule has 1 fully saturated rings. The van der Waals surface area contributed by atoms with Gasteiger partial charge >= 0.3 is 0 Å². The van der Waals surface area contributed by atoms with Crippen LogP contribution in [0.3, 0.4) is 0 Å². The van der Waals surface area contributed by atoms with E-state index in [4.69, 9.17) is 10.5 Å². The number of aryl methyl sites for hydroxylation is 1.